The summed E-state index contributed by atoms with van der Waals surface area (Å²) < 4.78 is 6.19. The molecule has 2 aromatic rings. The molecule has 0 atom stereocenters. The first kappa shape index (κ1) is 14.9. The molecule has 0 bridgehead atoms. The topological polar surface area (TPSA) is 108 Å². The predicted molar refractivity (Wildman–Crippen MR) is 74.5 cm³/mol. The van der Waals surface area contributed by atoms with Gasteiger partial charge in [0.05, 0.1) is 0 Å². The predicted octanol–water partition coefficient (Wildman–Crippen LogP) is -0.142. The Bertz CT molecular complexity index is 841. The number of nitrogen functional groups attached to an aromatic ring is 1. The first-order valence-electron chi connectivity index (χ1n) is 5.72. The van der Waals surface area contributed by atoms with Crippen LogP contribution in [0.5, 0.6) is 0 Å². The number of nitrogens with two attached hydrogens (primary N) is 1. The van der Waals surface area contributed by atoms with Crippen LogP contribution in [0.1, 0.15) is 11.5 Å². The molecular formula is C13H10N4O3V. The van der Waals surface area contributed by atoms with E-state index in [-0.39, 0.29) is 0 Å². The summed E-state index contributed by atoms with van der Waals surface area (Å²) in [5, 5.41) is 11.4. The molecule has 2 aromatic heterocycles. The van der Waals surface area contributed by atoms with E-state index in [1.165, 1.54) is 12.4 Å². The fourth-order valence-corrected chi connectivity index (χ4v) is 1.92. The number of hydrogen-bond donors (Lipinski definition) is 1. The minimum atomic E-state index is -0.558. The molecular weight excluding hydrogens is 311 g/mol. The number of anilines is 1. The zero-order valence-electron chi connectivity index (χ0n) is 10.8. The summed E-state index contributed by atoms with van der Waals surface area (Å²) >= 11 is 2.34. The molecule has 0 spiro atoms. The zero-order valence-corrected chi connectivity index (χ0v) is 12.2. The van der Waals surface area contributed by atoms with E-state index in [9.17, 15) is 10.1 Å². The van der Waals surface area contributed by atoms with Crippen LogP contribution >= 0.6 is 0 Å². The molecule has 8 heteroatoms. The third kappa shape index (κ3) is 3.74. The second-order valence-electron chi connectivity index (χ2n) is 3.95. The molecule has 0 aliphatic rings. The Hall–Kier alpha value is -2.51. The zero-order chi connectivity index (χ0) is 15.4. The van der Waals surface area contributed by atoms with E-state index in [1.807, 2.05) is 0 Å². The summed E-state index contributed by atoms with van der Waals surface area (Å²) in [7, 11) is 0. The molecule has 0 unspecified atom stereocenters. The molecule has 2 rings (SSSR count). The number of nitrogens with zero attached hydrogens (tertiary/aromatic N) is 3. The molecule has 21 heavy (non-hydrogen) atoms. The van der Waals surface area contributed by atoms with Gasteiger partial charge >= 0.3 is 128 Å². The van der Waals surface area contributed by atoms with Crippen LogP contribution in [0.25, 0.3) is 18.7 Å². The van der Waals surface area contributed by atoms with Gasteiger partial charge in [-0.25, -0.2) is 0 Å². The summed E-state index contributed by atoms with van der Waals surface area (Å²) in [5.41, 5.74) is 5.77. The first-order chi connectivity index (χ1) is 9.97. The van der Waals surface area contributed by atoms with Crippen molar-refractivity contribution in [2.24, 2.45) is 0 Å². The van der Waals surface area contributed by atoms with Crippen molar-refractivity contribution < 1.29 is 26.3 Å². The average Bonchev–Trinajstić information content (AvgIpc) is 2.89. The Balaban J connectivity index is 2.34. The van der Waals surface area contributed by atoms with Crippen molar-refractivity contribution in [1.29, 1.82) is 0 Å². The Kier molecular flexibility index (Phi) is 4.47. The van der Waals surface area contributed by atoms with Crippen molar-refractivity contribution in [3.05, 3.63) is 56.9 Å². The Morgan fingerprint density at radius 3 is 2.90 bits per heavy atom. The molecule has 2 N–H and O–H groups in total. The van der Waals surface area contributed by atoms with Crippen molar-refractivity contribution in [3.63, 3.8) is 0 Å². The summed E-state index contributed by atoms with van der Waals surface area (Å²) in [5.74, 6) is 1.24. The van der Waals surface area contributed by atoms with E-state index in [0.717, 1.165) is 10.4 Å². The van der Waals surface area contributed by atoms with Gasteiger partial charge in [-0.05, 0) is 0 Å². The number of furan rings is 1. The van der Waals surface area contributed by atoms with Gasteiger partial charge in [0.2, 0.25) is 0 Å². The van der Waals surface area contributed by atoms with Crippen LogP contribution in [0, 0.1) is 10.1 Å². The summed E-state index contributed by atoms with van der Waals surface area (Å²) in [6.07, 6.45) is 5.16. The van der Waals surface area contributed by atoms with E-state index in [0.29, 0.717) is 27.9 Å². The fourth-order valence-electron chi connectivity index (χ4n) is 1.53. The monoisotopic (exact) mass is 321 g/mol. The number of hydrogen-bond acceptors (Lipinski definition) is 6. The number of rotatable bonds is 4. The third-order valence-electron chi connectivity index (χ3n) is 2.52. The van der Waals surface area contributed by atoms with Gasteiger partial charge in [-0.3, -0.25) is 0 Å². The quantitative estimate of drug-likeness (QED) is 0.620. The van der Waals surface area contributed by atoms with Gasteiger partial charge in [0, 0.05) is 0 Å². The van der Waals surface area contributed by atoms with E-state index in [4.69, 9.17) is 10.2 Å². The Labute approximate surface area is 128 Å². The van der Waals surface area contributed by atoms with Crippen LogP contribution in [0.4, 0.5) is 5.82 Å². The van der Waals surface area contributed by atoms with Gasteiger partial charge in [-0.1, -0.05) is 0 Å². The maximum atomic E-state index is 10.3. The van der Waals surface area contributed by atoms with Gasteiger partial charge in [0.25, 0.3) is 0 Å². The van der Waals surface area contributed by atoms with Gasteiger partial charge in [0.1, 0.15) is 0 Å². The van der Waals surface area contributed by atoms with Gasteiger partial charge in [-0.2, -0.15) is 0 Å². The SMILES string of the molecule is C=c1ncnc(N)c1=C[C](=[V])c1ccc(/C=C/[N+](=O)[O-])o1. The third-order valence-corrected chi connectivity index (χ3v) is 3.06. The van der Waals surface area contributed by atoms with Gasteiger partial charge < -0.3 is 0 Å². The molecule has 0 amide bonds. The molecule has 0 fully saturated rings. The van der Waals surface area contributed by atoms with E-state index >= 15 is 0 Å². The molecule has 7 nitrogen and oxygen atoms in total. The van der Waals surface area contributed by atoms with Crippen LogP contribution in [0.15, 0.2) is 29.1 Å². The van der Waals surface area contributed by atoms with Crippen molar-refractivity contribution in [3.8, 4) is 0 Å². The number of nitro groups is 1. The normalized spacial score (nSPS) is 11.9. The Morgan fingerprint density at radius 1 is 1.48 bits per heavy atom. The van der Waals surface area contributed by atoms with Crippen LogP contribution in [0.3, 0.4) is 0 Å². The van der Waals surface area contributed by atoms with Crippen molar-refractivity contribution in [2.75, 3.05) is 5.73 Å². The molecule has 0 saturated carbocycles. The van der Waals surface area contributed by atoms with Gasteiger partial charge in [0.15, 0.2) is 0 Å². The standard InChI is InChI=1S/C13H10N4O3.V/c1-9-12(13(14)16-8-15-9)5-4-10-2-3-11(20-10)6-7-17(18)19;/h2-3,5-8H,1H2,(H2,14,15,16);/b7-6+,12-5?;. The first-order valence-corrected chi connectivity index (χ1v) is 6.42. The summed E-state index contributed by atoms with van der Waals surface area (Å²) in [6, 6.07) is 3.33. The van der Waals surface area contributed by atoms with Crippen LogP contribution in [0.2, 0.25) is 0 Å². The molecule has 0 aliphatic heterocycles. The van der Waals surface area contributed by atoms with Crippen LogP contribution < -0.4 is 16.3 Å². The molecule has 0 saturated heterocycles. The maximum absolute atomic E-state index is 10.3. The number of aromatic nitrogens is 2. The molecule has 0 aliphatic carbocycles. The van der Waals surface area contributed by atoms with E-state index in [1.54, 1.807) is 18.2 Å². The summed E-state index contributed by atoms with van der Waals surface area (Å²) in [4.78, 5) is 17.6. The second-order valence-corrected chi connectivity index (χ2v) is 4.70. The van der Waals surface area contributed by atoms with Crippen molar-refractivity contribution >= 4 is 28.8 Å². The minimum absolute atomic E-state index is 0.318. The van der Waals surface area contributed by atoms with E-state index in [2.05, 4.69) is 33.5 Å². The average molecular weight is 321 g/mol. The van der Waals surface area contributed by atoms with Crippen LogP contribution in [-0.4, -0.2) is 19.1 Å². The Morgan fingerprint density at radius 2 is 2.24 bits per heavy atom. The molecule has 0 aromatic carbocycles. The summed E-state index contributed by atoms with van der Waals surface area (Å²) in [6.45, 7) is 3.78. The fraction of sp³-hybridized carbons (Fsp3) is 0. The second kappa shape index (κ2) is 6.30. The molecule has 2 heterocycles. The van der Waals surface area contributed by atoms with Crippen molar-refractivity contribution in [1.82, 2.24) is 9.97 Å². The van der Waals surface area contributed by atoms with E-state index < -0.39 is 4.92 Å². The van der Waals surface area contributed by atoms with Crippen LogP contribution in [-0.2, 0) is 17.0 Å². The van der Waals surface area contributed by atoms with Gasteiger partial charge in [-0.15, -0.1) is 0 Å². The molecule has 0 radical (unpaired) electrons. The van der Waals surface area contributed by atoms with Crippen molar-refractivity contribution in [2.45, 2.75) is 0 Å². The molecule has 105 valence electrons.